The first-order valence-corrected chi connectivity index (χ1v) is 16.7. The molecule has 0 saturated heterocycles. The SMILES string of the molecule is COc1ccc(CN(C)CCc2ccc(NC(=O)c3cc(C)c(C)cc3NC(=O)c3cc(=O)c4ccccc4o3)cc2)cc1OCCOCCO. The van der Waals surface area contributed by atoms with Crippen LogP contribution in [0.15, 0.2) is 94.1 Å². The molecule has 0 unspecified atom stereocenters. The number of methoxy groups -OCH3 is 1. The van der Waals surface area contributed by atoms with Crippen molar-refractivity contribution in [3.8, 4) is 11.5 Å². The van der Waals surface area contributed by atoms with Gasteiger partial charge in [-0.05, 0) is 98.1 Å². The van der Waals surface area contributed by atoms with E-state index in [4.69, 9.17) is 23.7 Å². The van der Waals surface area contributed by atoms with Crippen LogP contribution in [0, 0.1) is 13.8 Å². The highest BCUT2D eigenvalue weighted by Gasteiger charge is 2.19. The van der Waals surface area contributed by atoms with Crippen molar-refractivity contribution in [1.29, 1.82) is 0 Å². The van der Waals surface area contributed by atoms with Crippen LogP contribution < -0.4 is 25.5 Å². The Kier molecular flexibility index (Phi) is 12.6. The maximum Gasteiger partial charge on any atom is 0.291 e. The molecule has 0 spiro atoms. The summed E-state index contributed by atoms with van der Waals surface area (Å²) < 4.78 is 22.3. The maximum atomic E-state index is 13.5. The van der Waals surface area contributed by atoms with Gasteiger partial charge in [-0.2, -0.15) is 0 Å². The van der Waals surface area contributed by atoms with Crippen LogP contribution in [0.25, 0.3) is 11.0 Å². The van der Waals surface area contributed by atoms with Crippen LogP contribution in [0.1, 0.15) is 43.2 Å². The molecular formula is C40H43N3O8. The molecule has 0 fully saturated rings. The Balaban J connectivity index is 1.18. The van der Waals surface area contributed by atoms with E-state index in [0.29, 0.717) is 53.6 Å². The molecule has 11 nitrogen and oxygen atoms in total. The zero-order valence-electron chi connectivity index (χ0n) is 29.3. The highest BCUT2D eigenvalue weighted by Crippen LogP contribution is 2.29. The summed E-state index contributed by atoms with van der Waals surface area (Å²) in [5.74, 6) is 0.114. The number of amides is 2. The second kappa shape index (κ2) is 17.4. The minimum Gasteiger partial charge on any atom is -0.493 e. The number of aliphatic hydroxyl groups excluding tert-OH is 1. The van der Waals surface area contributed by atoms with E-state index in [1.165, 1.54) is 0 Å². The fraction of sp³-hybridized carbons (Fsp3) is 0.275. The molecule has 1 aromatic heterocycles. The Morgan fingerprint density at radius 2 is 1.57 bits per heavy atom. The molecule has 266 valence electrons. The lowest BCUT2D eigenvalue weighted by molar-refractivity contribution is 0.0698. The van der Waals surface area contributed by atoms with Gasteiger partial charge in [0.1, 0.15) is 12.2 Å². The highest BCUT2D eigenvalue weighted by atomic mass is 16.5. The van der Waals surface area contributed by atoms with Crippen molar-refractivity contribution in [3.63, 3.8) is 0 Å². The van der Waals surface area contributed by atoms with Crippen molar-refractivity contribution in [3.05, 3.63) is 129 Å². The van der Waals surface area contributed by atoms with Gasteiger partial charge >= 0.3 is 0 Å². The molecule has 51 heavy (non-hydrogen) atoms. The Hall–Kier alpha value is -5.49. The third kappa shape index (κ3) is 9.82. The first kappa shape index (κ1) is 36.8. The van der Waals surface area contributed by atoms with Crippen LogP contribution in [0.2, 0.25) is 0 Å². The molecule has 0 radical (unpaired) electrons. The molecule has 3 N–H and O–H groups in total. The Morgan fingerprint density at radius 1 is 0.824 bits per heavy atom. The van der Waals surface area contributed by atoms with Crippen LogP contribution in [-0.4, -0.2) is 69.0 Å². The number of aryl methyl sites for hydroxylation is 2. The van der Waals surface area contributed by atoms with Crippen LogP contribution in [0.4, 0.5) is 11.4 Å². The highest BCUT2D eigenvalue weighted by molar-refractivity contribution is 6.12. The number of hydrogen-bond acceptors (Lipinski definition) is 9. The van der Waals surface area contributed by atoms with Crippen LogP contribution in [-0.2, 0) is 17.7 Å². The number of fused-ring (bicyclic) bond motifs is 1. The van der Waals surface area contributed by atoms with Gasteiger partial charge in [-0.3, -0.25) is 14.4 Å². The second-order valence-electron chi connectivity index (χ2n) is 12.2. The summed E-state index contributed by atoms with van der Waals surface area (Å²) in [6.45, 7) is 6.25. The zero-order chi connectivity index (χ0) is 36.3. The Morgan fingerprint density at radius 3 is 2.33 bits per heavy atom. The third-order valence-corrected chi connectivity index (χ3v) is 8.38. The van der Waals surface area contributed by atoms with Crippen LogP contribution in [0.5, 0.6) is 11.5 Å². The molecule has 4 aromatic carbocycles. The van der Waals surface area contributed by atoms with Gasteiger partial charge in [0.05, 0.1) is 43.6 Å². The van der Waals surface area contributed by atoms with E-state index in [-0.39, 0.29) is 35.9 Å². The van der Waals surface area contributed by atoms with Crippen molar-refractivity contribution in [2.24, 2.45) is 0 Å². The van der Waals surface area contributed by atoms with E-state index in [0.717, 1.165) is 41.3 Å². The number of aliphatic hydroxyl groups is 1. The first-order valence-electron chi connectivity index (χ1n) is 16.7. The standard InChI is InChI=1S/C40H43N3O8/c1-26-21-32(33(22-27(26)2)42-40(47)38-24-34(45)31-7-5-6-8-35(31)51-38)39(46)41-30-12-9-28(10-13-30)15-16-43(3)25-29-11-14-36(48-4)37(23-29)50-20-19-49-18-17-44/h5-14,21-24,44H,15-20,25H2,1-4H3,(H,41,46)(H,42,47). The fourth-order valence-corrected chi connectivity index (χ4v) is 5.48. The average Bonchev–Trinajstić information content (AvgIpc) is 3.12. The smallest absolute Gasteiger partial charge is 0.291 e. The number of carbonyl (C=O) groups is 2. The Bertz CT molecular complexity index is 2040. The van der Waals surface area contributed by atoms with Gasteiger partial charge in [-0.25, -0.2) is 0 Å². The first-order chi connectivity index (χ1) is 24.6. The average molecular weight is 694 g/mol. The summed E-state index contributed by atoms with van der Waals surface area (Å²) in [5.41, 5.74) is 5.13. The number of likely N-dealkylation sites (N-methyl/N-ethyl adjacent to an activating group) is 1. The minimum absolute atomic E-state index is 0.0267. The molecular weight excluding hydrogens is 650 g/mol. The van der Waals surface area contributed by atoms with Gasteiger partial charge in [0.25, 0.3) is 11.8 Å². The molecule has 1 heterocycles. The van der Waals surface area contributed by atoms with Crippen molar-refractivity contribution < 1.29 is 33.3 Å². The lowest BCUT2D eigenvalue weighted by atomic mass is 10.0. The zero-order valence-corrected chi connectivity index (χ0v) is 29.3. The summed E-state index contributed by atoms with van der Waals surface area (Å²) in [4.78, 5) is 41.5. The largest absolute Gasteiger partial charge is 0.493 e. The van der Waals surface area contributed by atoms with E-state index in [2.05, 4.69) is 22.6 Å². The summed E-state index contributed by atoms with van der Waals surface area (Å²) in [5, 5.41) is 14.9. The summed E-state index contributed by atoms with van der Waals surface area (Å²) in [7, 11) is 3.65. The molecule has 0 aliphatic carbocycles. The van der Waals surface area contributed by atoms with Gasteiger partial charge < -0.3 is 39.3 Å². The monoisotopic (exact) mass is 693 g/mol. The molecule has 0 aliphatic rings. The lowest BCUT2D eigenvalue weighted by Gasteiger charge is -2.18. The number of carbonyl (C=O) groups excluding carboxylic acids is 2. The summed E-state index contributed by atoms with van der Waals surface area (Å²) in [6.07, 6.45) is 0.796. The predicted molar refractivity (Wildman–Crippen MR) is 197 cm³/mol. The molecule has 11 heteroatoms. The summed E-state index contributed by atoms with van der Waals surface area (Å²) in [6, 6.07) is 24.9. The van der Waals surface area contributed by atoms with Gasteiger partial charge in [0.2, 0.25) is 0 Å². The molecule has 0 saturated carbocycles. The third-order valence-electron chi connectivity index (χ3n) is 8.38. The number of para-hydroxylation sites is 1. The molecule has 0 aliphatic heterocycles. The number of benzene rings is 4. The summed E-state index contributed by atoms with van der Waals surface area (Å²) >= 11 is 0. The van der Waals surface area contributed by atoms with Gasteiger partial charge in [0, 0.05) is 24.8 Å². The van der Waals surface area contributed by atoms with Crippen molar-refractivity contribution in [2.45, 2.75) is 26.8 Å². The Labute approximate surface area is 296 Å². The van der Waals surface area contributed by atoms with Crippen molar-refractivity contribution in [1.82, 2.24) is 4.90 Å². The van der Waals surface area contributed by atoms with E-state index < -0.39 is 5.91 Å². The number of nitrogens with zero attached hydrogens (tertiary/aromatic N) is 1. The number of ether oxygens (including phenoxy) is 3. The van der Waals surface area contributed by atoms with E-state index in [1.54, 1.807) is 43.5 Å². The van der Waals surface area contributed by atoms with Crippen molar-refractivity contribution in [2.75, 3.05) is 57.8 Å². The number of rotatable bonds is 16. The van der Waals surface area contributed by atoms with E-state index in [1.807, 2.05) is 56.3 Å². The molecule has 0 bridgehead atoms. The lowest BCUT2D eigenvalue weighted by Crippen LogP contribution is -2.21. The van der Waals surface area contributed by atoms with Crippen LogP contribution >= 0.6 is 0 Å². The maximum absolute atomic E-state index is 13.5. The number of nitrogens with one attached hydrogen (secondary N) is 2. The fourth-order valence-electron chi connectivity index (χ4n) is 5.48. The predicted octanol–water partition coefficient (Wildman–Crippen LogP) is 5.99. The topological polar surface area (TPSA) is 140 Å². The van der Waals surface area contributed by atoms with Crippen LogP contribution in [0.3, 0.4) is 0 Å². The van der Waals surface area contributed by atoms with Crippen molar-refractivity contribution >= 4 is 34.2 Å². The molecule has 2 amide bonds. The second-order valence-corrected chi connectivity index (χ2v) is 12.2. The van der Waals surface area contributed by atoms with Gasteiger partial charge in [0.15, 0.2) is 22.7 Å². The quantitative estimate of drug-likeness (QED) is 0.106. The molecule has 5 aromatic rings. The normalized spacial score (nSPS) is 11.1. The van der Waals surface area contributed by atoms with Gasteiger partial charge in [-0.15, -0.1) is 0 Å². The number of anilines is 2. The van der Waals surface area contributed by atoms with Gasteiger partial charge in [-0.1, -0.05) is 30.3 Å². The minimum atomic E-state index is -0.634. The van der Waals surface area contributed by atoms with E-state index in [9.17, 15) is 14.4 Å². The number of hydrogen-bond donors (Lipinski definition) is 3. The molecule has 0 atom stereocenters. The molecule has 5 rings (SSSR count). The van der Waals surface area contributed by atoms with E-state index >= 15 is 0 Å².